The number of rotatable bonds is 7. The van der Waals surface area contributed by atoms with Crippen molar-refractivity contribution in [2.24, 2.45) is 0 Å². The maximum Gasteiger partial charge on any atom is 0.296 e. The first kappa shape index (κ1) is 26.3. The van der Waals surface area contributed by atoms with Gasteiger partial charge in [-0.1, -0.05) is 42.5 Å². The first-order valence-corrected chi connectivity index (χ1v) is 13.6. The van der Waals surface area contributed by atoms with Gasteiger partial charge in [0.15, 0.2) is 16.9 Å². The van der Waals surface area contributed by atoms with Gasteiger partial charge in [-0.3, -0.25) is 14.5 Å². The summed E-state index contributed by atoms with van der Waals surface area (Å²) in [5.74, 6) is 1.13. The molecule has 1 atom stereocenters. The Kier molecular flexibility index (Phi) is 6.79. The van der Waals surface area contributed by atoms with Crippen molar-refractivity contribution in [3.8, 4) is 11.5 Å². The van der Waals surface area contributed by atoms with Crippen LogP contribution in [-0.4, -0.2) is 17.5 Å². The summed E-state index contributed by atoms with van der Waals surface area (Å²) in [5.41, 5.74) is 5.06. The van der Waals surface area contributed by atoms with Gasteiger partial charge in [0.1, 0.15) is 18.0 Å². The molecule has 0 saturated carbocycles. The highest BCUT2D eigenvalue weighted by atomic mass is 16.5. The summed E-state index contributed by atoms with van der Waals surface area (Å²) in [4.78, 5) is 34.1. The Morgan fingerprint density at radius 1 is 0.878 bits per heavy atom. The van der Waals surface area contributed by atoms with Crippen molar-refractivity contribution >= 4 is 22.7 Å². The zero-order valence-electron chi connectivity index (χ0n) is 23.4. The number of carbonyl (C=O) groups is 1. The molecule has 6 rings (SSSR count). The van der Waals surface area contributed by atoms with Gasteiger partial charge >= 0.3 is 0 Å². The molecule has 7 heteroatoms. The number of anilines is 1. The predicted octanol–water partition coefficient (Wildman–Crippen LogP) is 6.84. The SMILES string of the molecule is CCOc1cc(C2c3c(oc4cc(C)c(C)cc4c3=O)C(=O)N2c2ccc(C)cn2)ccc1OCc1ccccc1. The number of fused-ring (bicyclic) bond motifs is 2. The van der Waals surface area contributed by atoms with Crippen molar-refractivity contribution in [1.82, 2.24) is 4.98 Å². The van der Waals surface area contributed by atoms with Gasteiger partial charge in [0.2, 0.25) is 5.76 Å². The van der Waals surface area contributed by atoms with E-state index in [2.05, 4.69) is 4.98 Å². The number of ether oxygens (including phenoxy) is 2. The third-order valence-electron chi connectivity index (χ3n) is 7.45. The number of carbonyl (C=O) groups excluding carboxylic acids is 1. The van der Waals surface area contributed by atoms with Crippen LogP contribution < -0.4 is 19.8 Å². The summed E-state index contributed by atoms with van der Waals surface area (Å²) < 4.78 is 18.3. The summed E-state index contributed by atoms with van der Waals surface area (Å²) >= 11 is 0. The van der Waals surface area contributed by atoms with Crippen LogP contribution in [0.5, 0.6) is 11.5 Å². The minimum Gasteiger partial charge on any atom is -0.490 e. The lowest BCUT2D eigenvalue weighted by molar-refractivity contribution is 0.0970. The average molecular weight is 547 g/mol. The molecule has 3 heterocycles. The summed E-state index contributed by atoms with van der Waals surface area (Å²) in [7, 11) is 0. The molecule has 2 aromatic heterocycles. The highest BCUT2D eigenvalue weighted by molar-refractivity contribution is 6.10. The smallest absolute Gasteiger partial charge is 0.296 e. The van der Waals surface area contributed by atoms with E-state index in [-0.39, 0.29) is 16.8 Å². The molecule has 0 bridgehead atoms. The van der Waals surface area contributed by atoms with E-state index in [0.717, 1.165) is 22.3 Å². The second kappa shape index (κ2) is 10.6. The highest BCUT2D eigenvalue weighted by Gasteiger charge is 2.44. The highest BCUT2D eigenvalue weighted by Crippen LogP contribution is 2.43. The van der Waals surface area contributed by atoms with Gasteiger partial charge in [0.25, 0.3) is 5.91 Å². The van der Waals surface area contributed by atoms with E-state index in [1.165, 1.54) is 4.90 Å². The standard InChI is InChI=1S/C34H30N2O5/c1-5-39-28-17-24(12-13-26(28)40-19-23-9-7-6-8-10-23)31-30-32(37)25-15-21(3)22(4)16-27(25)41-33(30)34(38)36(31)29-14-11-20(2)18-35-29/h6-18,31H,5,19H2,1-4H3. The monoisotopic (exact) mass is 546 g/mol. The fraction of sp³-hybridized carbons (Fsp3) is 0.206. The predicted molar refractivity (Wildman–Crippen MR) is 158 cm³/mol. The van der Waals surface area contributed by atoms with Crippen LogP contribution in [0, 0.1) is 20.8 Å². The average Bonchev–Trinajstić information content (AvgIpc) is 3.27. The molecular weight excluding hydrogens is 516 g/mol. The van der Waals surface area contributed by atoms with Crippen LogP contribution in [0.3, 0.4) is 0 Å². The first-order chi connectivity index (χ1) is 19.9. The molecule has 5 aromatic rings. The van der Waals surface area contributed by atoms with Crippen LogP contribution in [0.15, 0.2) is 88.2 Å². The molecule has 0 fully saturated rings. The van der Waals surface area contributed by atoms with Crippen molar-refractivity contribution in [2.45, 2.75) is 40.3 Å². The molecule has 0 N–H and O–H groups in total. The van der Waals surface area contributed by atoms with Crippen LogP contribution >= 0.6 is 0 Å². The molecule has 0 radical (unpaired) electrons. The number of amides is 1. The van der Waals surface area contributed by atoms with E-state index >= 15 is 0 Å². The van der Waals surface area contributed by atoms with Crippen molar-refractivity contribution < 1.29 is 18.7 Å². The van der Waals surface area contributed by atoms with Crippen LogP contribution in [0.1, 0.15) is 56.9 Å². The van der Waals surface area contributed by atoms with Gasteiger partial charge in [-0.25, -0.2) is 4.98 Å². The van der Waals surface area contributed by atoms with Gasteiger partial charge in [0, 0.05) is 6.20 Å². The Balaban J connectivity index is 1.51. The first-order valence-electron chi connectivity index (χ1n) is 13.6. The fourth-order valence-electron chi connectivity index (χ4n) is 5.20. The largest absolute Gasteiger partial charge is 0.490 e. The summed E-state index contributed by atoms with van der Waals surface area (Å²) in [6.07, 6.45) is 1.70. The molecule has 1 aliphatic heterocycles. The topological polar surface area (TPSA) is 81.9 Å². The summed E-state index contributed by atoms with van der Waals surface area (Å²) in [6, 6.07) is 21.9. The Morgan fingerprint density at radius 2 is 1.66 bits per heavy atom. The van der Waals surface area contributed by atoms with Gasteiger partial charge in [-0.15, -0.1) is 0 Å². The van der Waals surface area contributed by atoms with E-state index in [1.54, 1.807) is 12.3 Å². The van der Waals surface area contributed by atoms with E-state index in [1.807, 2.05) is 94.4 Å². The maximum atomic E-state index is 14.1. The summed E-state index contributed by atoms with van der Waals surface area (Å²) in [5, 5.41) is 0.441. The molecule has 206 valence electrons. The minimum atomic E-state index is -0.766. The van der Waals surface area contributed by atoms with Crippen molar-refractivity contribution in [2.75, 3.05) is 11.5 Å². The van der Waals surface area contributed by atoms with E-state index < -0.39 is 11.9 Å². The number of aromatic nitrogens is 1. The van der Waals surface area contributed by atoms with E-state index in [0.29, 0.717) is 47.1 Å². The molecule has 1 amide bonds. The zero-order chi connectivity index (χ0) is 28.7. The van der Waals surface area contributed by atoms with Gasteiger partial charge in [-0.05, 0) is 85.8 Å². The number of hydrogen-bond acceptors (Lipinski definition) is 6. The molecular formula is C34H30N2O5. The number of benzene rings is 3. The van der Waals surface area contributed by atoms with Crippen LogP contribution in [0.4, 0.5) is 5.82 Å². The molecule has 1 unspecified atom stereocenters. The van der Waals surface area contributed by atoms with E-state index in [9.17, 15) is 9.59 Å². The third kappa shape index (κ3) is 4.73. The lowest BCUT2D eigenvalue weighted by Crippen LogP contribution is -2.30. The lowest BCUT2D eigenvalue weighted by Gasteiger charge is -2.25. The Bertz CT molecular complexity index is 1830. The van der Waals surface area contributed by atoms with Crippen LogP contribution in [0.25, 0.3) is 11.0 Å². The number of aryl methyl sites for hydroxylation is 3. The van der Waals surface area contributed by atoms with Crippen molar-refractivity contribution in [1.29, 1.82) is 0 Å². The second-order valence-electron chi connectivity index (χ2n) is 10.3. The number of hydrogen-bond donors (Lipinski definition) is 0. The molecule has 0 aliphatic carbocycles. The zero-order valence-corrected chi connectivity index (χ0v) is 23.4. The Labute approximate surface area is 238 Å². The Morgan fingerprint density at radius 3 is 2.39 bits per heavy atom. The number of nitrogens with zero attached hydrogens (tertiary/aromatic N) is 2. The quantitative estimate of drug-likeness (QED) is 0.222. The third-order valence-corrected chi connectivity index (χ3v) is 7.45. The van der Waals surface area contributed by atoms with Crippen LogP contribution in [-0.2, 0) is 6.61 Å². The van der Waals surface area contributed by atoms with Gasteiger partial charge < -0.3 is 13.9 Å². The molecule has 0 spiro atoms. The maximum absolute atomic E-state index is 14.1. The van der Waals surface area contributed by atoms with Crippen LogP contribution in [0.2, 0.25) is 0 Å². The summed E-state index contributed by atoms with van der Waals surface area (Å²) in [6.45, 7) is 8.52. The molecule has 3 aromatic carbocycles. The molecule has 1 aliphatic rings. The normalized spacial score (nSPS) is 14.4. The van der Waals surface area contributed by atoms with Gasteiger partial charge in [-0.2, -0.15) is 0 Å². The molecule has 7 nitrogen and oxygen atoms in total. The van der Waals surface area contributed by atoms with Crippen molar-refractivity contribution in [3.05, 3.63) is 128 Å². The fourth-order valence-corrected chi connectivity index (χ4v) is 5.20. The molecule has 41 heavy (non-hydrogen) atoms. The lowest BCUT2D eigenvalue weighted by atomic mass is 9.97. The second-order valence-corrected chi connectivity index (χ2v) is 10.3. The number of pyridine rings is 1. The van der Waals surface area contributed by atoms with E-state index in [4.69, 9.17) is 13.9 Å². The minimum absolute atomic E-state index is 0.0282. The Hall–Kier alpha value is -4.91. The van der Waals surface area contributed by atoms with Crippen molar-refractivity contribution in [3.63, 3.8) is 0 Å². The van der Waals surface area contributed by atoms with Gasteiger partial charge in [0.05, 0.1) is 23.6 Å². The molecule has 0 saturated heterocycles.